The van der Waals surface area contributed by atoms with E-state index in [0.29, 0.717) is 17.4 Å². The number of phenolic OH excluding ortho intramolecular Hbond substituents is 1. The number of phenols is 1. The molecule has 4 rings (SSSR count). The first-order chi connectivity index (χ1) is 15.1. The number of halogens is 1. The first kappa shape index (κ1) is 21.1. The molecule has 2 atom stereocenters. The molecule has 0 saturated heterocycles. The summed E-state index contributed by atoms with van der Waals surface area (Å²) in [7, 11) is 1.66. The Morgan fingerprint density at radius 3 is 2.58 bits per heavy atom. The Balaban J connectivity index is 1.77. The van der Waals surface area contributed by atoms with Crippen LogP contribution in [0, 0.1) is 0 Å². The van der Waals surface area contributed by atoms with Crippen molar-refractivity contribution in [1.82, 2.24) is 5.32 Å². The van der Waals surface area contributed by atoms with E-state index in [9.17, 15) is 5.11 Å². The molecular weight excluding hydrogens is 412 g/mol. The first-order valence-corrected chi connectivity index (χ1v) is 10.6. The number of rotatable bonds is 6. The van der Waals surface area contributed by atoms with E-state index in [4.69, 9.17) is 21.1 Å². The second-order valence-electron chi connectivity index (χ2n) is 7.33. The largest absolute Gasteiger partial charge is 0.504 e. The molecule has 0 amide bonds. The number of hydrogen-bond donors (Lipinski definition) is 3. The highest BCUT2D eigenvalue weighted by atomic mass is 35.5. The summed E-state index contributed by atoms with van der Waals surface area (Å²) in [5, 5.41) is 17.4. The van der Waals surface area contributed by atoms with Crippen molar-refractivity contribution < 1.29 is 19.9 Å². The van der Waals surface area contributed by atoms with Crippen LogP contribution < -0.4 is 20.1 Å². The minimum Gasteiger partial charge on any atom is -0.504 e. The van der Waals surface area contributed by atoms with Gasteiger partial charge in [-0.1, -0.05) is 29.8 Å². The van der Waals surface area contributed by atoms with Crippen LogP contribution in [-0.2, 0) is 0 Å². The Morgan fingerprint density at radius 2 is 1.84 bits per heavy atom. The summed E-state index contributed by atoms with van der Waals surface area (Å²) in [5.41, 5.74) is 3.86. The SMILES string of the molecule is CCOc1cccc(C2C=C(c3cccc(OC)c3)NC(c3ccc(Cl)cc3)[NH2+]2)c1O. The number of nitrogens with two attached hydrogens (primary N) is 1. The summed E-state index contributed by atoms with van der Waals surface area (Å²) in [5.74, 6) is 1.45. The second-order valence-corrected chi connectivity index (χ2v) is 7.77. The van der Waals surface area contributed by atoms with Gasteiger partial charge in [0.05, 0.1) is 19.3 Å². The third kappa shape index (κ3) is 4.63. The number of ether oxygens (including phenoxy) is 2. The van der Waals surface area contributed by atoms with Crippen molar-refractivity contribution in [3.05, 3.63) is 94.5 Å². The van der Waals surface area contributed by atoms with Gasteiger partial charge >= 0.3 is 0 Å². The molecule has 160 valence electrons. The quantitative estimate of drug-likeness (QED) is 0.534. The number of quaternary nitrogens is 1. The molecule has 31 heavy (non-hydrogen) atoms. The van der Waals surface area contributed by atoms with Crippen LogP contribution in [0.5, 0.6) is 17.2 Å². The molecule has 0 bridgehead atoms. The zero-order valence-electron chi connectivity index (χ0n) is 17.5. The molecule has 4 N–H and O–H groups in total. The van der Waals surface area contributed by atoms with Gasteiger partial charge in [0.2, 0.25) is 0 Å². The monoisotopic (exact) mass is 437 g/mol. The van der Waals surface area contributed by atoms with Crippen molar-refractivity contribution in [2.45, 2.75) is 19.1 Å². The normalized spacial score (nSPS) is 18.1. The lowest BCUT2D eigenvalue weighted by Crippen LogP contribution is -2.89. The zero-order valence-corrected chi connectivity index (χ0v) is 18.3. The van der Waals surface area contributed by atoms with E-state index in [1.165, 1.54) is 0 Å². The average molecular weight is 438 g/mol. The third-order valence-electron chi connectivity index (χ3n) is 5.36. The predicted molar refractivity (Wildman–Crippen MR) is 122 cm³/mol. The number of hydrogen-bond acceptors (Lipinski definition) is 4. The molecule has 0 fully saturated rings. The summed E-state index contributed by atoms with van der Waals surface area (Å²) in [6.07, 6.45) is 2.05. The Hall–Kier alpha value is -3.15. The maximum atomic E-state index is 10.9. The molecule has 3 aromatic rings. The highest BCUT2D eigenvalue weighted by molar-refractivity contribution is 6.30. The standard InChI is InChI=1S/C25H25ClN2O3/c1-3-31-23-9-5-8-20(24(23)29)22-15-21(17-6-4-7-19(14-17)30-2)27-25(28-22)16-10-12-18(26)13-11-16/h4-15,22,25,27-29H,3H2,1-2H3/p+1. The van der Waals surface area contributed by atoms with Crippen molar-refractivity contribution in [3.8, 4) is 17.2 Å². The first-order valence-electron chi connectivity index (χ1n) is 10.3. The highest BCUT2D eigenvalue weighted by Crippen LogP contribution is 2.35. The van der Waals surface area contributed by atoms with Gasteiger partial charge in [0, 0.05) is 27.9 Å². The molecule has 0 spiro atoms. The average Bonchev–Trinajstić information content (AvgIpc) is 2.81. The van der Waals surface area contributed by atoms with Crippen LogP contribution in [-0.4, -0.2) is 18.8 Å². The molecule has 2 unspecified atom stereocenters. The molecule has 0 aromatic heterocycles. The molecule has 1 aliphatic heterocycles. The summed E-state index contributed by atoms with van der Waals surface area (Å²) in [6, 6.07) is 21.2. The van der Waals surface area contributed by atoms with Gasteiger partial charge in [-0.15, -0.1) is 0 Å². The summed E-state index contributed by atoms with van der Waals surface area (Å²) < 4.78 is 11.0. The smallest absolute Gasteiger partial charge is 0.186 e. The van der Waals surface area contributed by atoms with Gasteiger partial charge < -0.3 is 25.2 Å². The zero-order chi connectivity index (χ0) is 21.8. The van der Waals surface area contributed by atoms with Crippen molar-refractivity contribution >= 4 is 17.3 Å². The molecule has 5 nitrogen and oxygen atoms in total. The Morgan fingerprint density at radius 1 is 1.06 bits per heavy atom. The van der Waals surface area contributed by atoms with Gasteiger partial charge in [-0.25, -0.2) is 0 Å². The molecule has 0 radical (unpaired) electrons. The summed E-state index contributed by atoms with van der Waals surface area (Å²) >= 11 is 6.10. The van der Waals surface area contributed by atoms with Crippen LogP contribution >= 0.6 is 11.6 Å². The molecule has 0 saturated carbocycles. The van der Waals surface area contributed by atoms with Crippen LogP contribution in [0.2, 0.25) is 5.02 Å². The fourth-order valence-electron chi connectivity index (χ4n) is 3.81. The minimum atomic E-state index is -0.122. The van der Waals surface area contributed by atoms with E-state index >= 15 is 0 Å². The van der Waals surface area contributed by atoms with E-state index in [-0.39, 0.29) is 18.0 Å². The Kier molecular flexibility index (Phi) is 6.35. The lowest BCUT2D eigenvalue weighted by atomic mass is 9.97. The predicted octanol–water partition coefficient (Wildman–Crippen LogP) is 4.40. The number of para-hydroxylation sites is 1. The topological polar surface area (TPSA) is 67.3 Å². The lowest BCUT2D eigenvalue weighted by molar-refractivity contribution is -0.731. The van der Waals surface area contributed by atoms with Gasteiger partial charge in [0.25, 0.3) is 0 Å². The van der Waals surface area contributed by atoms with Crippen LogP contribution in [0.25, 0.3) is 5.70 Å². The van der Waals surface area contributed by atoms with E-state index in [2.05, 4.69) is 16.7 Å². The fraction of sp³-hybridized carbons (Fsp3) is 0.200. The molecule has 3 aromatic carbocycles. The van der Waals surface area contributed by atoms with E-state index in [0.717, 1.165) is 28.1 Å². The van der Waals surface area contributed by atoms with Crippen molar-refractivity contribution in [1.29, 1.82) is 0 Å². The molecule has 1 heterocycles. The van der Waals surface area contributed by atoms with E-state index in [1.807, 2.05) is 67.6 Å². The number of nitrogens with one attached hydrogen (secondary N) is 1. The van der Waals surface area contributed by atoms with Gasteiger partial charge in [0.15, 0.2) is 17.7 Å². The summed E-state index contributed by atoms with van der Waals surface area (Å²) in [6.45, 7) is 2.39. The second kappa shape index (κ2) is 9.33. The Labute approximate surface area is 187 Å². The number of benzene rings is 3. The van der Waals surface area contributed by atoms with Crippen LogP contribution in [0.1, 0.15) is 35.8 Å². The lowest BCUT2D eigenvalue weighted by Gasteiger charge is -2.30. The number of aromatic hydroxyl groups is 1. The van der Waals surface area contributed by atoms with E-state index < -0.39 is 0 Å². The molecule has 6 heteroatoms. The van der Waals surface area contributed by atoms with Gasteiger partial charge in [-0.3, -0.25) is 0 Å². The Bertz CT molecular complexity index is 1080. The van der Waals surface area contributed by atoms with Gasteiger partial charge in [-0.05, 0) is 55.5 Å². The van der Waals surface area contributed by atoms with Gasteiger partial charge in [-0.2, -0.15) is 0 Å². The molecular formula is C25H26ClN2O3+. The van der Waals surface area contributed by atoms with Crippen molar-refractivity contribution in [2.24, 2.45) is 0 Å². The number of methoxy groups -OCH3 is 1. The van der Waals surface area contributed by atoms with Crippen LogP contribution in [0.3, 0.4) is 0 Å². The highest BCUT2D eigenvalue weighted by Gasteiger charge is 2.30. The third-order valence-corrected chi connectivity index (χ3v) is 5.61. The molecule has 0 aliphatic carbocycles. The maximum absolute atomic E-state index is 10.9. The molecule has 1 aliphatic rings. The minimum absolute atomic E-state index is 0.0661. The maximum Gasteiger partial charge on any atom is 0.186 e. The van der Waals surface area contributed by atoms with Crippen molar-refractivity contribution in [2.75, 3.05) is 13.7 Å². The van der Waals surface area contributed by atoms with E-state index in [1.54, 1.807) is 13.2 Å². The van der Waals surface area contributed by atoms with Gasteiger partial charge in [0.1, 0.15) is 11.8 Å². The van der Waals surface area contributed by atoms with Crippen LogP contribution in [0.15, 0.2) is 72.8 Å². The van der Waals surface area contributed by atoms with Crippen LogP contribution in [0.4, 0.5) is 0 Å². The summed E-state index contributed by atoms with van der Waals surface area (Å²) in [4.78, 5) is 0. The van der Waals surface area contributed by atoms with Crippen molar-refractivity contribution in [3.63, 3.8) is 0 Å². The fourth-order valence-corrected chi connectivity index (χ4v) is 3.94.